The minimum atomic E-state index is -1.09. The summed E-state index contributed by atoms with van der Waals surface area (Å²) in [6.45, 7) is 6.31. The second-order valence-corrected chi connectivity index (χ2v) is 14.3. The summed E-state index contributed by atoms with van der Waals surface area (Å²) in [5, 5.41) is 16.7. The molecule has 13 heteroatoms. The number of aryl methyl sites for hydroxylation is 2. The van der Waals surface area contributed by atoms with Crippen molar-refractivity contribution in [2.45, 2.75) is 52.1 Å². The highest BCUT2D eigenvalue weighted by atomic mass is 32.1. The molecular weight excluding hydrogens is 651 g/mol. The molecule has 0 aliphatic carbocycles. The highest BCUT2D eigenvalue weighted by Crippen LogP contribution is 2.36. The van der Waals surface area contributed by atoms with Gasteiger partial charge in [-0.3, -0.25) is 15.5 Å². The van der Waals surface area contributed by atoms with E-state index in [9.17, 15) is 19.5 Å². The van der Waals surface area contributed by atoms with Gasteiger partial charge in [0.1, 0.15) is 16.4 Å². The number of benzene rings is 3. The lowest BCUT2D eigenvalue weighted by atomic mass is 10.00. The Morgan fingerprint density at radius 2 is 1.77 bits per heavy atom. The van der Waals surface area contributed by atoms with E-state index in [4.69, 9.17) is 9.47 Å². The standard InChI is InChI=1S/C35H35N5O6S2/c1-35(2,3)46-34(44)36-23-14-16-24(17-15-23)45-19-7-11-28-29(31(41)42)38-30(47-28)22-13-12-21-8-6-18-40(26(21)20-22)33(43)39-32-37-25-9-4-5-10-27(25)48-32/h4-5,9-10,12-17,20H,6-8,11,18-19H2,1-3H3,(H,36,44)(H,41,42)(H,37,39,43). The van der Waals surface area contributed by atoms with Crippen molar-refractivity contribution in [2.75, 3.05) is 28.7 Å². The molecular formula is C35H35N5O6S2. The van der Waals surface area contributed by atoms with Crippen LogP contribution < -0.4 is 20.3 Å². The van der Waals surface area contributed by atoms with E-state index < -0.39 is 17.7 Å². The first kappa shape index (κ1) is 32.9. The van der Waals surface area contributed by atoms with E-state index in [0.29, 0.717) is 52.4 Å². The number of urea groups is 1. The second kappa shape index (κ2) is 14.0. The number of carboxylic acid groups (broad SMARTS) is 1. The molecule has 248 valence electrons. The van der Waals surface area contributed by atoms with Crippen LogP contribution in [-0.4, -0.2) is 51.9 Å². The Balaban J connectivity index is 1.09. The number of carbonyl (C=O) groups is 3. The monoisotopic (exact) mass is 685 g/mol. The molecule has 2 aromatic heterocycles. The molecule has 6 rings (SSSR count). The summed E-state index contributed by atoms with van der Waals surface area (Å²) in [5.74, 6) is -0.463. The molecule has 5 aromatic rings. The van der Waals surface area contributed by atoms with Crippen LogP contribution in [0.1, 0.15) is 54.5 Å². The lowest BCUT2D eigenvalue weighted by Crippen LogP contribution is -2.38. The first-order chi connectivity index (χ1) is 23.0. The van der Waals surface area contributed by atoms with Gasteiger partial charge in [0.05, 0.1) is 16.8 Å². The van der Waals surface area contributed by atoms with Crippen molar-refractivity contribution in [3.05, 3.63) is 82.9 Å². The van der Waals surface area contributed by atoms with Crippen LogP contribution in [-0.2, 0) is 17.6 Å². The number of aromatic carboxylic acids is 1. The average molecular weight is 686 g/mol. The van der Waals surface area contributed by atoms with Gasteiger partial charge in [-0.1, -0.05) is 35.6 Å². The number of fused-ring (bicyclic) bond motifs is 2. The van der Waals surface area contributed by atoms with E-state index >= 15 is 0 Å². The molecule has 0 spiro atoms. The third-order valence-electron chi connectivity index (χ3n) is 7.42. The molecule has 3 aromatic carbocycles. The Bertz CT molecular complexity index is 1930. The maximum Gasteiger partial charge on any atom is 0.412 e. The average Bonchev–Trinajstić information content (AvgIpc) is 3.66. The second-order valence-electron chi connectivity index (χ2n) is 12.2. The lowest BCUT2D eigenvalue weighted by Gasteiger charge is -2.29. The number of thiazole rings is 2. The van der Waals surface area contributed by atoms with Crippen molar-refractivity contribution in [1.29, 1.82) is 0 Å². The predicted molar refractivity (Wildman–Crippen MR) is 189 cm³/mol. The first-order valence-corrected chi connectivity index (χ1v) is 17.2. The number of carboxylic acids is 1. The predicted octanol–water partition coefficient (Wildman–Crippen LogP) is 8.46. The maximum atomic E-state index is 13.4. The van der Waals surface area contributed by atoms with E-state index in [1.807, 2.05) is 42.5 Å². The normalized spacial score (nSPS) is 12.8. The quantitative estimate of drug-likeness (QED) is 0.131. The van der Waals surface area contributed by atoms with Crippen molar-refractivity contribution in [2.24, 2.45) is 0 Å². The van der Waals surface area contributed by atoms with Crippen LogP contribution >= 0.6 is 22.7 Å². The van der Waals surface area contributed by atoms with Crippen molar-refractivity contribution < 1.29 is 29.0 Å². The molecule has 3 heterocycles. The minimum absolute atomic E-state index is 0.0238. The topological polar surface area (TPSA) is 143 Å². The number of rotatable bonds is 9. The third kappa shape index (κ3) is 7.92. The molecule has 3 amide bonds. The van der Waals surface area contributed by atoms with E-state index in [-0.39, 0.29) is 11.7 Å². The lowest BCUT2D eigenvalue weighted by molar-refractivity contribution is 0.0633. The number of anilines is 3. The van der Waals surface area contributed by atoms with Crippen LogP contribution in [0.3, 0.4) is 0 Å². The molecule has 3 N–H and O–H groups in total. The Labute approximate surface area is 285 Å². The van der Waals surface area contributed by atoms with E-state index in [1.54, 1.807) is 49.9 Å². The van der Waals surface area contributed by atoms with E-state index in [0.717, 1.165) is 39.9 Å². The molecule has 0 bridgehead atoms. The van der Waals surface area contributed by atoms with Gasteiger partial charge in [0, 0.05) is 28.4 Å². The molecule has 0 saturated carbocycles. The molecule has 11 nitrogen and oxygen atoms in total. The molecule has 48 heavy (non-hydrogen) atoms. The van der Waals surface area contributed by atoms with E-state index in [1.165, 1.54) is 22.7 Å². The fourth-order valence-electron chi connectivity index (χ4n) is 5.29. The first-order valence-electron chi connectivity index (χ1n) is 15.6. The minimum Gasteiger partial charge on any atom is -0.494 e. The Hall–Kier alpha value is -5.01. The van der Waals surface area contributed by atoms with Gasteiger partial charge >= 0.3 is 18.1 Å². The summed E-state index contributed by atoms with van der Waals surface area (Å²) in [4.78, 5) is 48.9. The summed E-state index contributed by atoms with van der Waals surface area (Å²) < 4.78 is 12.1. The van der Waals surface area contributed by atoms with Crippen LogP contribution in [0.15, 0.2) is 66.7 Å². The van der Waals surface area contributed by atoms with Crippen molar-refractivity contribution >= 4 is 67.5 Å². The van der Waals surface area contributed by atoms with Gasteiger partial charge in [-0.05, 0) is 94.5 Å². The van der Waals surface area contributed by atoms with Crippen LogP contribution in [0, 0.1) is 0 Å². The van der Waals surface area contributed by atoms with Gasteiger partial charge in [0.2, 0.25) is 0 Å². The Morgan fingerprint density at radius 3 is 2.52 bits per heavy atom. The smallest absolute Gasteiger partial charge is 0.412 e. The number of carbonyl (C=O) groups excluding carboxylic acids is 2. The molecule has 0 saturated heterocycles. The number of hydrogen-bond acceptors (Lipinski definition) is 9. The number of ether oxygens (including phenoxy) is 2. The number of aromatic nitrogens is 2. The van der Waals surface area contributed by atoms with Gasteiger partial charge in [-0.25, -0.2) is 24.4 Å². The Kier molecular flexibility index (Phi) is 9.60. The molecule has 0 radical (unpaired) electrons. The molecule has 0 fully saturated rings. The van der Waals surface area contributed by atoms with Gasteiger partial charge in [0.25, 0.3) is 0 Å². The largest absolute Gasteiger partial charge is 0.494 e. The van der Waals surface area contributed by atoms with Crippen LogP contribution in [0.25, 0.3) is 20.8 Å². The zero-order valence-corrected chi connectivity index (χ0v) is 28.4. The summed E-state index contributed by atoms with van der Waals surface area (Å²) in [6, 6.07) is 20.3. The van der Waals surface area contributed by atoms with Crippen LogP contribution in [0.5, 0.6) is 5.75 Å². The molecule has 1 aliphatic rings. The highest BCUT2D eigenvalue weighted by molar-refractivity contribution is 7.22. The zero-order chi connectivity index (χ0) is 33.8. The number of nitrogens with zero attached hydrogens (tertiary/aromatic N) is 3. The molecule has 0 unspecified atom stereocenters. The molecule has 1 aliphatic heterocycles. The van der Waals surface area contributed by atoms with Crippen LogP contribution in [0.4, 0.5) is 26.1 Å². The van der Waals surface area contributed by atoms with Crippen molar-refractivity contribution in [3.8, 4) is 16.3 Å². The van der Waals surface area contributed by atoms with Crippen molar-refractivity contribution in [3.63, 3.8) is 0 Å². The summed E-state index contributed by atoms with van der Waals surface area (Å²) in [5.41, 5.74) is 3.43. The zero-order valence-electron chi connectivity index (χ0n) is 26.7. The maximum absolute atomic E-state index is 13.4. The number of nitrogens with one attached hydrogen (secondary N) is 2. The fraction of sp³-hybridized carbons (Fsp3) is 0.286. The van der Waals surface area contributed by atoms with Gasteiger partial charge in [0.15, 0.2) is 10.8 Å². The van der Waals surface area contributed by atoms with Crippen molar-refractivity contribution in [1.82, 2.24) is 9.97 Å². The third-order valence-corrected chi connectivity index (χ3v) is 9.54. The van der Waals surface area contributed by atoms with Gasteiger partial charge in [-0.2, -0.15) is 0 Å². The molecule has 0 atom stereocenters. The summed E-state index contributed by atoms with van der Waals surface area (Å²) in [6.07, 6.45) is 2.18. The number of para-hydroxylation sites is 1. The SMILES string of the molecule is CC(C)(C)OC(=O)Nc1ccc(OCCCc2sc(-c3ccc4c(c3)N(C(=O)Nc3nc5ccccc5s3)CCC4)nc2C(=O)O)cc1. The van der Waals surface area contributed by atoms with Gasteiger partial charge < -0.3 is 14.6 Å². The summed E-state index contributed by atoms with van der Waals surface area (Å²) >= 11 is 2.76. The fourth-order valence-corrected chi connectivity index (χ4v) is 7.24. The summed E-state index contributed by atoms with van der Waals surface area (Å²) in [7, 11) is 0. The van der Waals surface area contributed by atoms with Gasteiger partial charge in [-0.15, -0.1) is 11.3 Å². The number of amides is 3. The number of hydrogen-bond donors (Lipinski definition) is 3. The highest BCUT2D eigenvalue weighted by Gasteiger charge is 2.25. The van der Waals surface area contributed by atoms with E-state index in [2.05, 4.69) is 20.6 Å². The Morgan fingerprint density at radius 1 is 0.979 bits per heavy atom. The van der Waals surface area contributed by atoms with Crippen LogP contribution in [0.2, 0.25) is 0 Å².